The van der Waals surface area contributed by atoms with E-state index in [4.69, 9.17) is 14.9 Å². The van der Waals surface area contributed by atoms with Crippen LogP contribution < -0.4 is 0 Å². The summed E-state index contributed by atoms with van der Waals surface area (Å²) >= 11 is 0. The maximum atomic E-state index is 9.65. The van der Waals surface area contributed by atoms with Gasteiger partial charge in [-0.1, -0.05) is 19.1 Å². The second-order valence-corrected chi connectivity index (χ2v) is 5.18. The summed E-state index contributed by atoms with van der Waals surface area (Å²) in [4.78, 5) is 0. The maximum absolute atomic E-state index is 9.65. The van der Waals surface area contributed by atoms with Crippen molar-refractivity contribution in [3.05, 3.63) is 12.2 Å². The van der Waals surface area contributed by atoms with Crippen LogP contribution in [0.5, 0.6) is 0 Å². The molecule has 2 fully saturated rings. The summed E-state index contributed by atoms with van der Waals surface area (Å²) in [6, 6.07) is 5.84. The van der Waals surface area contributed by atoms with Crippen molar-refractivity contribution >= 4 is 5.90 Å². The Labute approximate surface area is 117 Å². The molecule has 0 aliphatic carbocycles. The number of ether oxygens (including phenoxy) is 2. The lowest BCUT2D eigenvalue weighted by molar-refractivity contribution is -0.253. The molecule has 6 heteroatoms. The van der Waals surface area contributed by atoms with Gasteiger partial charge in [-0.15, -0.1) is 0 Å². The third-order valence-electron chi connectivity index (χ3n) is 4.41. The summed E-state index contributed by atoms with van der Waals surface area (Å²) in [7, 11) is 0. The summed E-state index contributed by atoms with van der Waals surface area (Å²) in [5.41, 5.74) is -3.44. The molecule has 2 bridgehead atoms. The van der Waals surface area contributed by atoms with Crippen LogP contribution in [0.3, 0.4) is 0 Å². The van der Waals surface area contributed by atoms with Gasteiger partial charge in [0.1, 0.15) is 6.10 Å². The molecule has 6 nitrogen and oxygen atoms in total. The summed E-state index contributed by atoms with van der Waals surface area (Å²) in [5, 5.41) is 36.8. The van der Waals surface area contributed by atoms with Crippen LogP contribution in [0.1, 0.15) is 20.8 Å². The molecule has 20 heavy (non-hydrogen) atoms. The second kappa shape index (κ2) is 4.07. The van der Waals surface area contributed by atoms with Crippen LogP contribution in [0.15, 0.2) is 12.2 Å². The lowest BCUT2D eigenvalue weighted by Crippen LogP contribution is -2.60. The predicted molar refractivity (Wildman–Crippen MR) is 67.8 cm³/mol. The number of allylic oxidation sites excluding steroid dienone is 1. The molecule has 0 spiro atoms. The van der Waals surface area contributed by atoms with E-state index in [2.05, 4.69) is 0 Å². The summed E-state index contributed by atoms with van der Waals surface area (Å²) < 4.78 is 11.2. The van der Waals surface area contributed by atoms with Crippen LogP contribution in [0.2, 0.25) is 0 Å². The molecular weight excluding hydrogens is 256 g/mol. The summed E-state index contributed by atoms with van der Waals surface area (Å²) in [5.74, 6) is -2.16. The van der Waals surface area contributed by atoms with E-state index in [1.807, 2.05) is 18.2 Å². The molecule has 0 aromatic carbocycles. The molecule has 102 valence electrons. The first-order valence-electron chi connectivity index (χ1n) is 6.21. The largest absolute Gasteiger partial charge is 0.448 e. The van der Waals surface area contributed by atoms with Gasteiger partial charge in [0.25, 0.3) is 0 Å². The lowest BCUT2D eigenvalue weighted by Gasteiger charge is -2.46. The normalized spacial score (nSPS) is 41.5. The number of rotatable bonds is 1. The minimum atomic E-state index is -1.80. The zero-order valence-electron chi connectivity index (χ0n) is 11.5. The minimum Gasteiger partial charge on any atom is -0.448 e. The van der Waals surface area contributed by atoms with Gasteiger partial charge in [0, 0.05) is 6.92 Å². The molecule has 2 aliphatic heterocycles. The Morgan fingerprint density at radius 2 is 1.85 bits per heavy atom. The highest BCUT2D eigenvalue weighted by atomic mass is 16.7. The Bertz CT molecular complexity index is 607. The van der Waals surface area contributed by atoms with Crippen LogP contribution in [0.25, 0.3) is 0 Å². The number of nitrogens with zero attached hydrogens (tertiary/aromatic N) is 3. The van der Waals surface area contributed by atoms with Crippen LogP contribution >= 0.6 is 0 Å². The first-order valence-corrected chi connectivity index (χ1v) is 6.21. The summed E-state index contributed by atoms with van der Waals surface area (Å²) in [6.45, 7) is 5.02. The van der Waals surface area contributed by atoms with Crippen LogP contribution in [0, 0.1) is 56.2 Å². The fraction of sp³-hybridized carbons (Fsp3) is 0.571. The molecule has 4 atom stereocenters. The zero-order chi connectivity index (χ0) is 15.2. The fourth-order valence-electron chi connectivity index (χ4n) is 3.10. The molecule has 0 saturated carbocycles. The molecule has 0 radical (unpaired) electrons. The van der Waals surface area contributed by atoms with Gasteiger partial charge in [-0.2, -0.15) is 15.8 Å². The molecule has 0 aromatic rings. The Kier molecular flexibility index (Phi) is 2.86. The highest BCUT2D eigenvalue weighted by Gasteiger charge is 2.77. The van der Waals surface area contributed by atoms with E-state index >= 15 is 0 Å². The number of nitrogens with one attached hydrogen (secondary N) is 1. The van der Waals surface area contributed by atoms with Crippen LogP contribution in [-0.2, 0) is 9.47 Å². The third kappa shape index (κ3) is 1.21. The van der Waals surface area contributed by atoms with Crippen molar-refractivity contribution in [1.29, 1.82) is 21.2 Å². The van der Waals surface area contributed by atoms with Gasteiger partial charge in [0.2, 0.25) is 17.1 Å². The first kappa shape index (κ1) is 14.1. The smallest absolute Gasteiger partial charge is 0.214 e. The Morgan fingerprint density at radius 3 is 2.30 bits per heavy atom. The first-order chi connectivity index (χ1) is 9.38. The molecule has 4 unspecified atom stereocenters. The Balaban J connectivity index is 2.81. The topological polar surface area (TPSA) is 114 Å². The van der Waals surface area contributed by atoms with Crippen molar-refractivity contribution in [1.82, 2.24) is 0 Å². The van der Waals surface area contributed by atoms with E-state index < -0.39 is 28.6 Å². The van der Waals surface area contributed by atoms with Gasteiger partial charge in [-0.3, -0.25) is 5.41 Å². The molecule has 2 rings (SSSR count). The van der Waals surface area contributed by atoms with Crippen molar-refractivity contribution < 1.29 is 9.47 Å². The van der Waals surface area contributed by atoms with Crippen molar-refractivity contribution in [2.24, 2.45) is 16.7 Å². The van der Waals surface area contributed by atoms with E-state index in [0.717, 1.165) is 0 Å². The van der Waals surface area contributed by atoms with Gasteiger partial charge < -0.3 is 9.47 Å². The third-order valence-corrected chi connectivity index (χ3v) is 4.41. The monoisotopic (exact) mass is 270 g/mol. The highest BCUT2D eigenvalue weighted by Crippen LogP contribution is 2.62. The standard InChI is InChI=1S/C14H14N4O2/c1-4-5-10-13(6-15,7-16)14(8-17)9(2)12(3,19-10)20-11(14)18/h4-5,9-10,18H,1-3H3. The van der Waals surface area contributed by atoms with E-state index in [0.29, 0.717) is 0 Å². The van der Waals surface area contributed by atoms with Crippen LogP contribution in [0.4, 0.5) is 0 Å². The van der Waals surface area contributed by atoms with Crippen molar-refractivity contribution in [3.8, 4) is 18.2 Å². The Morgan fingerprint density at radius 1 is 1.25 bits per heavy atom. The molecular formula is C14H14N4O2. The molecule has 0 amide bonds. The van der Waals surface area contributed by atoms with Gasteiger partial charge in [-0.05, 0) is 6.92 Å². The average Bonchev–Trinajstić information content (AvgIpc) is 2.56. The zero-order valence-corrected chi connectivity index (χ0v) is 11.5. The summed E-state index contributed by atoms with van der Waals surface area (Å²) in [6.07, 6.45) is 2.29. The average molecular weight is 270 g/mol. The van der Waals surface area contributed by atoms with E-state index in [-0.39, 0.29) is 5.90 Å². The fourth-order valence-corrected chi connectivity index (χ4v) is 3.10. The van der Waals surface area contributed by atoms with E-state index in [1.165, 1.54) is 0 Å². The molecule has 1 N–H and O–H groups in total. The van der Waals surface area contributed by atoms with Gasteiger partial charge in [0.15, 0.2) is 5.41 Å². The molecule has 2 heterocycles. The number of fused-ring (bicyclic) bond motifs is 2. The number of nitriles is 3. The molecule has 2 saturated heterocycles. The lowest BCUT2D eigenvalue weighted by atomic mass is 9.55. The van der Waals surface area contributed by atoms with Gasteiger partial charge in [-0.25, -0.2) is 0 Å². The van der Waals surface area contributed by atoms with Crippen LogP contribution in [-0.4, -0.2) is 17.8 Å². The minimum absolute atomic E-state index is 0.370. The van der Waals surface area contributed by atoms with Crippen molar-refractivity contribution in [3.63, 3.8) is 0 Å². The van der Waals surface area contributed by atoms with E-state index in [9.17, 15) is 15.8 Å². The molecule has 0 aromatic heterocycles. The highest BCUT2D eigenvalue weighted by molar-refractivity contribution is 5.89. The van der Waals surface area contributed by atoms with Gasteiger partial charge in [0.05, 0.1) is 24.1 Å². The predicted octanol–water partition coefficient (Wildman–Crippen LogP) is 1.86. The van der Waals surface area contributed by atoms with Crippen molar-refractivity contribution in [2.75, 3.05) is 0 Å². The second-order valence-electron chi connectivity index (χ2n) is 5.18. The quantitative estimate of drug-likeness (QED) is 0.730. The van der Waals surface area contributed by atoms with Gasteiger partial charge >= 0.3 is 0 Å². The Hall–Kier alpha value is -2.36. The molecule has 2 aliphatic rings. The SMILES string of the molecule is CC=CC1OC2(C)OC(=N)C(C#N)(C2C)C1(C#N)C#N. The number of hydrogen-bond acceptors (Lipinski definition) is 6. The van der Waals surface area contributed by atoms with Crippen molar-refractivity contribution in [2.45, 2.75) is 32.7 Å². The maximum Gasteiger partial charge on any atom is 0.214 e. The number of hydrogen-bond donors (Lipinski definition) is 1. The van der Waals surface area contributed by atoms with E-state index in [1.54, 1.807) is 32.9 Å².